The minimum atomic E-state index is -0.343. The third-order valence-electron chi connectivity index (χ3n) is 3.04. The molecule has 3 heterocycles. The number of urea groups is 1. The Labute approximate surface area is 137 Å². The predicted octanol–water partition coefficient (Wildman–Crippen LogP) is 2.84. The van der Waals surface area contributed by atoms with Crippen LogP contribution in [0.2, 0.25) is 5.15 Å². The van der Waals surface area contributed by atoms with Crippen LogP contribution >= 0.6 is 11.6 Å². The summed E-state index contributed by atoms with van der Waals surface area (Å²) in [4.78, 5) is 19.8. The Hall–Kier alpha value is -2.93. The van der Waals surface area contributed by atoms with Gasteiger partial charge in [0.05, 0.1) is 5.69 Å². The molecule has 0 fully saturated rings. The fourth-order valence-corrected chi connectivity index (χ4v) is 2.03. The zero-order valence-corrected chi connectivity index (χ0v) is 12.7. The molecular formula is C15H13ClN6O. The number of nitrogens with zero attached hydrogens (tertiary/aromatic N) is 3. The van der Waals surface area contributed by atoms with Gasteiger partial charge in [0, 0.05) is 36.8 Å². The molecule has 0 aliphatic heterocycles. The molecule has 3 N–H and O–H groups in total. The van der Waals surface area contributed by atoms with Gasteiger partial charge < -0.3 is 5.32 Å². The van der Waals surface area contributed by atoms with Crippen LogP contribution in [0.4, 0.5) is 10.6 Å². The Bertz CT molecular complexity index is 787. The van der Waals surface area contributed by atoms with E-state index in [-0.39, 0.29) is 6.03 Å². The third-order valence-corrected chi connectivity index (χ3v) is 3.27. The van der Waals surface area contributed by atoms with Crippen molar-refractivity contribution in [2.45, 2.75) is 6.54 Å². The number of halogens is 1. The van der Waals surface area contributed by atoms with Gasteiger partial charge in [0.1, 0.15) is 11.0 Å². The number of rotatable bonds is 4. The standard InChI is InChI=1S/C15H13ClN6O/c16-13-2-1-10(8-18-13)9-19-15(23)20-14-7-12(21-22-14)11-3-5-17-6-4-11/h1-8H,9H2,(H3,19,20,21,22,23). The molecule has 0 aromatic carbocycles. The second kappa shape index (κ2) is 6.89. The van der Waals surface area contributed by atoms with Crippen molar-refractivity contribution in [1.29, 1.82) is 0 Å². The van der Waals surface area contributed by atoms with E-state index in [1.807, 2.05) is 12.1 Å². The van der Waals surface area contributed by atoms with Gasteiger partial charge in [0.25, 0.3) is 0 Å². The molecule has 23 heavy (non-hydrogen) atoms. The Kier molecular flexibility index (Phi) is 4.49. The predicted molar refractivity (Wildman–Crippen MR) is 86.9 cm³/mol. The molecule has 3 aromatic rings. The monoisotopic (exact) mass is 328 g/mol. The van der Waals surface area contributed by atoms with Gasteiger partial charge in [-0.2, -0.15) is 5.10 Å². The summed E-state index contributed by atoms with van der Waals surface area (Å²) < 4.78 is 0. The van der Waals surface area contributed by atoms with Crippen molar-refractivity contribution >= 4 is 23.4 Å². The molecule has 0 saturated heterocycles. The van der Waals surface area contributed by atoms with Crippen molar-refractivity contribution in [2.75, 3.05) is 5.32 Å². The Morgan fingerprint density at radius 1 is 1.22 bits per heavy atom. The lowest BCUT2D eigenvalue weighted by Crippen LogP contribution is -2.28. The van der Waals surface area contributed by atoms with Crippen molar-refractivity contribution < 1.29 is 4.79 Å². The topological polar surface area (TPSA) is 95.6 Å². The van der Waals surface area contributed by atoms with Gasteiger partial charge in [-0.3, -0.25) is 15.4 Å². The maximum atomic E-state index is 11.9. The molecule has 8 heteroatoms. The van der Waals surface area contributed by atoms with Gasteiger partial charge >= 0.3 is 6.03 Å². The summed E-state index contributed by atoms with van der Waals surface area (Å²) in [5, 5.41) is 12.7. The maximum Gasteiger partial charge on any atom is 0.320 e. The van der Waals surface area contributed by atoms with Gasteiger partial charge in [-0.05, 0) is 23.8 Å². The fourth-order valence-electron chi connectivity index (χ4n) is 1.92. The lowest BCUT2D eigenvalue weighted by molar-refractivity contribution is 0.251. The summed E-state index contributed by atoms with van der Waals surface area (Å²) in [6.45, 7) is 0.349. The molecule has 3 aromatic heterocycles. The Morgan fingerprint density at radius 3 is 2.78 bits per heavy atom. The minimum absolute atomic E-state index is 0.343. The van der Waals surface area contributed by atoms with Gasteiger partial charge in [0.2, 0.25) is 0 Å². The van der Waals surface area contributed by atoms with Crippen molar-refractivity contribution in [3.05, 3.63) is 59.6 Å². The number of anilines is 1. The van der Waals surface area contributed by atoms with E-state index in [0.29, 0.717) is 17.5 Å². The molecule has 0 bridgehead atoms. The van der Waals surface area contributed by atoms with Crippen LogP contribution in [0.3, 0.4) is 0 Å². The van der Waals surface area contributed by atoms with Crippen LogP contribution in [0.1, 0.15) is 5.56 Å². The zero-order valence-electron chi connectivity index (χ0n) is 12.0. The molecule has 0 unspecified atom stereocenters. The maximum absolute atomic E-state index is 11.9. The van der Waals surface area contributed by atoms with E-state index in [1.165, 1.54) is 0 Å². The van der Waals surface area contributed by atoms with E-state index in [1.54, 1.807) is 36.8 Å². The lowest BCUT2D eigenvalue weighted by Gasteiger charge is -2.05. The van der Waals surface area contributed by atoms with Gasteiger partial charge in [-0.25, -0.2) is 9.78 Å². The first-order chi connectivity index (χ1) is 11.2. The number of aromatic nitrogens is 4. The molecule has 7 nitrogen and oxygen atoms in total. The molecule has 0 radical (unpaired) electrons. The summed E-state index contributed by atoms with van der Waals surface area (Å²) in [5.41, 5.74) is 2.49. The number of H-pyrrole nitrogens is 1. The molecule has 116 valence electrons. The first-order valence-electron chi connectivity index (χ1n) is 6.82. The summed E-state index contributed by atoms with van der Waals surface area (Å²) in [6.07, 6.45) is 4.98. The Balaban J connectivity index is 1.56. The van der Waals surface area contributed by atoms with Crippen molar-refractivity contribution in [1.82, 2.24) is 25.5 Å². The number of carbonyl (C=O) groups excluding carboxylic acids is 1. The third kappa shape index (κ3) is 4.04. The fraction of sp³-hybridized carbons (Fsp3) is 0.0667. The molecule has 3 rings (SSSR count). The molecule has 0 saturated carbocycles. The number of carbonyl (C=O) groups is 1. The molecule has 0 aliphatic carbocycles. The van der Waals surface area contributed by atoms with Crippen LogP contribution in [0.15, 0.2) is 48.9 Å². The normalized spacial score (nSPS) is 10.3. The van der Waals surface area contributed by atoms with Crippen LogP contribution in [-0.4, -0.2) is 26.2 Å². The van der Waals surface area contributed by atoms with E-state index in [9.17, 15) is 4.79 Å². The van der Waals surface area contributed by atoms with Crippen LogP contribution in [-0.2, 0) is 6.54 Å². The van der Waals surface area contributed by atoms with Crippen molar-refractivity contribution in [2.24, 2.45) is 0 Å². The second-order valence-corrected chi connectivity index (χ2v) is 5.09. The first kappa shape index (κ1) is 15.0. The molecule has 0 aliphatic rings. The van der Waals surface area contributed by atoms with Crippen LogP contribution in [0, 0.1) is 0 Å². The second-order valence-electron chi connectivity index (χ2n) is 4.70. The van der Waals surface area contributed by atoms with Crippen LogP contribution in [0.5, 0.6) is 0 Å². The van der Waals surface area contributed by atoms with E-state index in [0.717, 1.165) is 16.8 Å². The van der Waals surface area contributed by atoms with Crippen LogP contribution < -0.4 is 10.6 Å². The number of pyridine rings is 2. The molecular weight excluding hydrogens is 316 g/mol. The summed E-state index contributed by atoms with van der Waals surface area (Å²) in [7, 11) is 0. The van der Waals surface area contributed by atoms with E-state index in [2.05, 4.69) is 30.8 Å². The highest BCUT2D eigenvalue weighted by atomic mass is 35.5. The van der Waals surface area contributed by atoms with Crippen LogP contribution in [0.25, 0.3) is 11.3 Å². The van der Waals surface area contributed by atoms with E-state index < -0.39 is 0 Å². The highest BCUT2D eigenvalue weighted by Gasteiger charge is 2.07. The first-order valence-corrected chi connectivity index (χ1v) is 7.19. The number of hydrogen-bond acceptors (Lipinski definition) is 4. The highest BCUT2D eigenvalue weighted by Crippen LogP contribution is 2.18. The van der Waals surface area contributed by atoms with Crippen molar-refractivity contribution in [3.8, 4) is 11.3 Å². The lowest BCUT2D eigenvalue weighted by atomic mass is 10.2. The average molecular weight is 329 g/mol. The molecule has 2 amide bonds. The number of nitrogens with one attached hydrogen (secondary N) is 3. The zero-order chi connectivity index (χ0) is 16.1. The van der Waals surface area contributed by atoms with Gasteiger partial charge in [-0.1, -0.05) is 17.7 Å². The molecule has 0 spiro atoms. The highest BCUT2D eigenvalue weighted by molar-refractivity contribution is 6.29. The number of aromatic amines is 1. The largest absolute Gasteiger partial charge is 0.334 e. The summed E-state index contributed by atoms with van der Waals surface area (Å²) >= 11 is 5.71. The summed E-state index contributed by atoms with van der Waals surface area (Å²) in [6, 6.07) is 8.56. The van der Waals surface area contributed by atoms with Gasteiger partial charge in [-0.15, -0.1) is 0 Å². The van der Waals surface area contributed by atoms with E-state index >= 15 is 0 Å². The summed E-state index contributed by atoms with van der Waals surface area (Å²) in [5.74, 6) is 0.503. The van der Waals surface area contributed by atoms with E-state index in [4.69, 9.17) is 11.6 Å². The quantitative estimate of drug-likeness (QED) is 0.642. The smallest absolute Gasteiger partial charge is 0.320 e. The SMILES string of the molecule is O=C(NCc1ccc(Cl)nc1)Nc1cc(-c2ccncc2)n[nH]1. The van der Waals surface area contributed by atoms with Crippen molar-refractivity contribution in [3.63, 3.8) is 0 Å². The molecule has 0 atom stereocenters. The Morgan fingerprint density at radius 2 is 2.04 bits per heavy atom. The number of hydrogen-bond donors (Lipinski definition) is 3. The van der Waals surface area contributed by atoms with Gasteiger partial charge in [0.15, 0.2) is 0 Å². The average Bonchev–Trinajstić information content (AvgIpc) is 3.04. The minimum Gasteiger partial charge on any atom is -0.334 e. The number of amides is 2.